The number of hydrogen-bond acceptors (Lipinski definition) is 2. The molecule has 0 amide bonds. The van der Waals surface area contributed by atoms with Crippen molar-refractivity contribution in [1.82, 2.24) is 0 Å². The summed E-state index contributed by atoms with van der Waals surface area (Å²) in [5, 5.41) is 0. The van der Waals surface area contributed by atoms with Crippen molar-refractivity contribution in [3.8, 4) is 11.5 Å². The summed E-state index contributed by atoms with van der Waals surface area (Å²) in [6, 6.07) is 6.38. The Bertz CT molecular complexity index is 761. The van der Waals surface area contributed by atoms with Gasteiger partial charge in [-0.3, -0.25) is 0 Å². The zero-order valence-electron chi connectivity index (χ0n) is 12.6. The largest absolute Gasteiger partial charge is 0.463 e. The van der Waals surface area contributed by atoms with Gasteiger partial charge >= 0.3 is 12.5 Å². The van der Waals surface area contributed by atoms with Gasteiger partial charge in [-0.15, -0.1) is 0 Å². The number of ether oxygens (including phenoxy) is 2. The molecule has 25 heavy (non-hydrogen) atoms. The predicted molar refractivity (Wildman–Crippen MR) is 78.0 cm³/mol. The van der Waals surface area contributed by atoms with Crippen LogP contribution >= 0.6 is 0 Å². The predicted octanol–water partition coefficient (Wildman–Crippen LogP) is 5.31. The Kier molecular flexibility index (Phi) is 5.61. The lowest BCUT2D eigenvalue weighted by Gasteiger charge is -2.17. The van der Waals surface area contributed by atoms with Crippen molar-refractivity contribution in [2.24, 2.45) is 0 Å². The number of benzene rings is 2. The first-order chi connectivity index (χ1) is 11.7. The van der Waals surface area contributed by atoms with Gasteiger partial charge < -0.3 is 9.47 Å². The van der Waals surface area contributed by atoms with E-state index in [9.17, 15) is 26.3 Å². The van der Waals surface area contributed by atoms with Crippen molar-refractivity contribution in [2.45, 2.75) is 19.0 Å². The molecule has 0 aromatic heterocycles. The van der Waals surface area contributed by atoms with E-state index in [1.165, 1.54) is 12.1 Å². The first-order valence-electron chi connectivity index (χ1n) is 6.91. The molecule has 0 spiro atoms. The fraction of sp³-hybridized carbons (Fsp3) is 0.176. The summed E-state index contributed by atoms with van der Waals surface area (Å²) in [7, 11) is 0. The number of hydrogen-bond donors (Lipinski definition) is 0. The van der Waals surface area contributed by atoms with E-state index in [1.807, 2.05) is 0 Å². The summed E-state index contributed by atoms with van der Waals surface area (Å²) in [6.07, 6.45) is -7.79. The van der Waals surface area contributed by atoms with E-state index in [2.05, 4.69) is 11.3 Å². The Labute approximate surface area is 139 Å². The molecule has 0 fully saturated rings. The molecule has 2 aromatic rings. The highest BCUT2D eigenvalue weighted by molar-refractivity contribution is 5.37. The highest BCUT2D eigenvalue weighted by atomic mass is 19.3. The molecule has 0 saturated carbocycles. The topological polar surface area (TPSA) is 18.5 Å². The van der Waals surface area contributed by atoms with E-state index >= 15 is 0 Å². The monoisotopic (exact) mass is 362 g/mol. The Hall–Kier alpha value is -2.64. The molecule has 0 unspecified atom stereocenters. The van der Waals surface area contributed by atoms with E-state index in [0.717, 1.165) is 24.5 Å². The van der Waals surface area contributed by atoms with Crippen LogP contribution in [0.2, 0.25) is 0 Å². The van der Waals surface area contributed by atoms with Gasteiger partial charge in [0.05, 0.1) is 6.26 Å². The third-order valence-corrected chi connectivity index (χ3v) is 3.05. The first kappa shape index (κ1) is 18.7. The van der Waals surface area contributed by atoms with Gasteiger partial charge in [-0.1, -0.05) is 12.6 Å². The Balaban J connectivity index is 2.26. The molecule has 134 valence electrons. The van der Waals surface area contributed by atoms with Gasteiger partial charge in [-0.05, 0) is 41.8 Å². The van der Waals surface area contributed by atoms with Crippen molar-refractivity contribution in [2.75, 3.05) is 0 Å². The van der Waals surface area contributed by atoms with E-state index in [0.29, 0.717) is 11.6 Å². The highest BCUT2D eigenvalue weighted by Crippen LogP contribution is 2.29. The normalized spacial score (nSPS) is 11.5. The summed E-state index contributed by atoms with van der Waals surface area (Å²) >= 11 is 0. The van der Waals surface area contributed by atoms with Gasteiger partial charge in [0, 0.05) is 6.07 Å². The Morgan fingerprint density at radius 1 is 1.04 bits per heavy atom. The molecule has 0 heterocycles. The van der Waals surface area contributed by atoms with Crippen LogP contribution in [0, 0.1) is 11.6 Å². The second-order valence-corrected chi connectivity index (χ2v) is 4.99. The summed E-state index contributed by atoms with van der Waals surface area (Å²) < 4.78 is 86.0. The van der Waals surface area contributed by atoms with Crippen LogP contribution in [0.25, 0.3) is 0 Å². The molecule has 0 saturated heterocycles. The van der Waals surface area contributed by atoms with Crippen molar-refractivity contribution in [3.63, 3.8) is 0 Å². The molecule has 8 heteroatoms. The Morgan fingerprint density at radius 3 is 2.40 bits per heavy atom. The number of alkyl halides is 4. The third kappa shape index (κ3) is 4.91. The minimum absolute atomic E-state index is 0.00214. The summed E-state index contributed by atoms with van der Waals surface area (Å²) in [4.78, 5) is 0. The molecule has 0 aliphatic heterocycles. The third-order valence-electron chi connectivity index (χ3n) is 3.05. The molecular formula is C17H12F6O2. The maximum absolute atomic E-state index is 13.6. The molecule has 2 nitrogen and oxygen atoms in total. The maximum Gasteiger partial charge on any atom is 0.461 e. The van der Waals surface area contributed by atoms with Gasteiger partial charge in [-0.25, -0.2) is 8.78 Å². The van der Waals surface area contributed by atoms with Crippen LogP contribution in [-0.2, 0) is 6.42 Å². The van der Waals surface area contributed by atoms with Crippen LogP contribution in [-0.4, -0.2) is 12.5 Å². The van der Waals surface area contributed by atoms with Crippen LogP contribution in [0.15, 0.2) is 49.2 Å². The van der Waals surface area contributed by atoms with Crippen LogP contribution in [0.5, 0.6) is 11.5 Å². The maximum atomic E-state index is 13.6. The summed E-state index contributed by atoms with van der Waals surface area (Å²) in [6.45, 7) is 3.29. The average Bonchev–Trinajstić information content (AvgIpc) is 2.49. The molecule has 0 aliphatic carbocycles. The second kappa shape index (κ2) is 7.50. The molecule has 0 atom stereocenters. The van der Waals surface area contributed by atoms with Gasteiger partial charge in [0.1, 0.15) is 11.6 Å². The molecular weight excluding hydrogens is 350 g/mol. The van der Waals surface area contributed by atoms with Crippen LogP contribution in [0.1, 0.15) is 11.1 Å². The van der Waals surface area contributed by atoms with E-state index in [1.54, 1.807) is 0 Å². The molecule has 0 N–H and O–H groups in total. The van der Waals surface area contributed by atoms with Gasteiger partial charge in [0.15, 0.2) is 11.6 Å². The lowest BCUT2D eigenvalue weighted by atomic mass is 10.0. The second-order valence-electron chi connectivity index (χ2n) is 4.99. The standard InChI is InChI=1S/C17H12F6O2/c1-2-24-15-8-10(3-4-14(15)19)5-11-6-12(18)9-13(7-11)25-17(22,23)16(20)21/h2-4,6-9,16H,1,5H2. The van der Waals surface area contributed by atoms with Gasteiger partial charge in [0.25, 0.3) is 0 Å². The first-order valence-corrected chi connectivity index (χ1v) is 6.91. The van der Waals surface area contributed by atoms with E-state index in [4.69, 9.17) is 4.74 Å². The average molecular weight is 362 g/mol. The minimum Gasteiger partial charge on any atom is -0.463 e. The van der Waals surface area contributed by atoms with Crippen molar-refractivity contribution in [3.05, 3.63) is 72.0 Å². The minimum atomic E-state index is -4.74. The van der Waals surface area contributed by atoms with Crippen LogP contribution in [0.3, 0.4) is 0 Å². The van der Waals surface area contributed by atoms with Crippen LogP contribution < -0.4 is 9.47 Å². The van der Waals surface area contributed by atoms with Crippen LogP contribution in [0.4, 0.5) is 26.3 Å². The highest BCUT2D eigenvalue weighted by Gasteiger charge is 2.44. The zero-order chi connectivity index (χ0) is 18.6. The van der Waals surface area contributed by atoms with Crippen molar-refractivity contribution >= 4 is 0 Å². The lowest BCUT2D eigenvalue weighted by molar-refractivity contribution is -0.253. The summed E-state index contributed by atoms with van der Waals surface area (Å²) in [5.74, 6) is -2.46. The fourth-order valence-corrected chi connectivity index (χ4v) is 2.06. The zero-order valence-corrected chi connectivity index (χ0v) is 12.6. The Morgan fingerprint density at radius 2 is 1.76 bits per heavy atom. The van der Waals surface area contributed by atoms with Crippen molar-refractivity contribution < 1.29 is 35.8 Å². The molecule has 2 rings (SSSR count). The fourth-order valence-electron chi connectivity index (χ4n) is 2.06. The molecule has 0 bridgehead atoms. The van der Waals surface area contributed by atoms with Gasteiger partial charge in [0.2, 0.25) is 0 Å². The molecule has 2 aromatic carbocycles. The summed E-state index contributed by atoms with van der Waals surface area (Å²) in [5.41, 5.74) is 0.631. The quantitative estimate of drug-likeness (QED) is 0.491. The lowest BCUT2D eigenvalue weighted by Crippen LogP contribution is -2.33. The smallest absolute Gasteiger partial charge is 0.461 e. The van der Waals surface area contributed by atoms with Crippen molar-refractivity contribution in [1.29, 1.82) is 0 Å². The SMILES string of the molecule is C=COc1cc(Cc2cc(F)cc(OC(F)(F)C(F)F)c2)ccc1F. The molecule has 0 aliphatic rings. The molecule has 0 radical (unpaired) electrons. The van der Waals surface area contributed by atoms with E-state index < -0.39 is 29.9 Å². The number of rotatable bonds is 7. The van der Waals surface area contributed by atoms with E-state index in [-0.39, 0.29) is 17.7 Å². The van der Waals surface area contributed by atoms with Gasteiger partial charge in [-0.2, -0.15) is 17.6 Å². The number of halogens is 6.